The molecule has 0 unspecified atom stereocenters. The average Bonchev–Trinajstić information content (AvgIpc) is 2.67. The second-order valence-electron chi connectivity index (χ2n) is 5.69. The van der Waals surface area contributed by atoms with Crippen molar-refractivity contribution < 1.29 is 22.7 Å². The van der Waals surface area contributed by atoms with Crippen LogP contribution in [0.3, 0.4) is 0 Å². The van der Waals surface area contributed by atoms with Crippen molar-refractivity contribution in [2.24, 2.45) is 0 Å². The zero-order valence-corrected chi connectivity index (χ0v) is 15.0. The summed E-state index contributed by atoms with van der Waals surface area (Å²) in [6.45, 7) is -1.49. The van der Waals surface area contributed by atoms with Crippen LogP contribution >= 0.6 is 11.6 Å². The van der Waals surface area contributed by atoms with E-state index < -0.39 is 18.7 Å². The van der Waals surface area contributed by atoms with Crippen LogP contribution in [-0.2, 0) is 0 Å². The molecule has 144 valence electrons. The maximum Gasteiger partial charge on any atom is 0.422 e. The standard InChI is InChI=1S/C19H13ClF3N3O2/c20-14-5-1-3-12(7-14)16-8-15(10-25-18(16)28-11-19(21,22)23)26-17(27)13-4-2-6-24-9-13/h1-10H,11H2,(H,26,27). The van der Waals surface area contributed by atoms with Crippen molar-refractivity contribution in [3.63, 3.8) is 0 Å². The highest BCUT2D eigenvalue weighted by atomic mass is 35.5. The van der Waals surface area contributed by atoms with E-state index in [1.54, 1.807) is 36.4 Å². The summed E-state index contributed by atoms with van der Waals surface area (Å²) in [5, 5.41) is 3.02. The summed E-state index contributed by atoms with van der Waals surface area (Å²) in [4.78, 5) is 20.1. The normalized spacial score (nSPS) is 11.1. The van der Waals surface area contributed by atoms with Crippen molar-refractivity contribution in [3.05, 3.63) is 71.6 Å². The third-order valence-electron chi connectivity index (χ3n) is 3.54. The second kappa shape index (κ2) is 8.26. The molecule has 3 aromatic rings. The number of aromatic nitrogens is 2. The van der Waals surface area contributed by atoms with Crippen LogP contribution in [0.4, 0.5) is 18.9 Å². The molecule has 2 heterocycles. The van der Waals surface area contributed by atoms with E-state index in [-0.39, 0.29) is 17.1 Å². The molecular weight excluding hydrogens is 395 g/mol. The minimum absolute atomic E-state index is 0.223. The molecule has 0 aliphatic rings. The Labute approximate surface area is 163 Å². The Kier molecular flexibility index (Phi) is 5.79. The fourth-order valence-corrected chi connectivity index (χ4v) is 2.54. The monoisotopic (exact) mass is 407 g/mol. The third-order valence-corrected chi connectivity index (χ3v) is 3.78. The zero-order valence-electron chi connectivity index (χ0n) is 14.2. The predicted octanol–water partition coefficient (Wildman–Crippen LogP) is 4.99. The first-order valence-corrected chi connectivity index (χ1v) is 8.36. The van der Waals surface area contributed by atoms with Crippen LogP contribution in [0.15, 0.2) is 61.1 Å². The molecule has 3 rings (SSSR count). The molecule has 0 spiro atoms. The van der Waals surface area contributed by atoms with Crippen LogP contribution in [0.2, 0.25) is 5.02 Å². The molecule has 0 atom stereocenters. The molecule has 0 saturated carbocycles. The number of nitrogens with one attached hydrogen (secondary N) is 1. The van der Waals surface area contributed by atoms with Crippen molar-refractivity contribution in [2.45, 2.75) is 6.18 Å². The Bertz CT molecular complexity index is 982. The Morgan fingerprint density at radius 2 is 1.96 bits per heavy atom. The number of hydrogen-bond donors (Lipinski definition) is 1. The van der Waals surface area contributed by atoms with Gasteiger partial charge >= 0.3 is 6.18 Å². The van der Waals surface area contributed by atoms with Crippen LogP contribution in [-0.4, -0.2) is 28.7 Å². The molecular formula is C19H13ClF3N3O2. The SMILES string of the molecule is O=C(Nc1cnc(OCC(F)(F)F)c(-c2cccc(Cl)c2)c1)c1cccnc1. The molecule has 0 bridgehead atoms. The van der Waals surface area contributed by atoms with Crippen LogP contribution in [0.1, 0.15) is 10.4 Å². The van der Waals surface area contributed by atoms with Gasteiger partial charge in [-0.15, -0.1) is 0 Å². The van der Waals surface area contributed by atoms with Crippen LogP contribution in [0, 0.1) is 0 Å². The van der Waals surface area contributed by atoms with Gasteiger partial charge in [-0.05, 0) is 35.9 Å². The number of hydrogen-bond acceptors (Lipinski definition) is 4. The topological polar surface area (TPSA) is 64.1 Å². The van der Waals surface area contributed by atoms with Crippen molar-refractivity contribution in [1.82, 2.24) is 9.97 Å². The van der Waals surface area contributed by atoms with Crippen molar-refractivity contribution in [1.29, 1.82) is 0 Å². The summed E-state index contributed by atoms with van der Waals surface area (Å²) in [6.07, 6.45) is -0.377. The van der Waals surface area contributed by atoms with Gasteiger partial charge in [0.1, 0.15) is 0 Å². The fraction of sp³-hybridized carbons (Fsp3) is 0.105. The van der Waals surface area contributed by atoms with E-state index in [1.807, 2.05) is 0 Å². The van der Waals surface area contributed by atoms with E-state index >= 15 is 0 Å². The van der Waals surface area contributed by atoms with Crippen LogP contribution < -0.4 is 10.1 Å². The van der Waals surface area contributed by atoms with E-state index in [0.29, 0.717) is 16.1 Å². The summed E-state index contributed by atoms with van der Waals surface area (Å²) >= 11 is 5.98. The van der Waals surface area contributed by atoms with Gasteiger partial charge in [0, 0.05) is 23.0 Å². The number of carbonyl (C=O) groups is 1. The Balaban J connectivity index is 1.93. The van der Waals surface area contributed by atoms with Gasteiger partial charge in [0.2, 0.25) is 5.88 Å². The first-order valence-electron chi connectivity index (χ1n) is 7.99. The van der Waals surface area contributed by atoms with Gasteiger partial charge in [-0.1, -0.05) is 23.7 Å². The van der Waals surface area contributed by atoms with Gasteiger partial charge in [0.15, 0.2) is 6.61 Å². The number of nitrogens with zero attached hydrogens (tertiary/aromatic N) is 2. The molecule has 1 aromatic carbocycles. The van der Waals surface area contributed by atoms with E-state index in [1.165, 1.54) is 24.7 Å². The molecule has 9 heteroatoms. The zero-order chi connectivity index (χ0) is 20.1. The summed E-state index contributed by atoms with van der Waals surface area (Å²) in [7, 11) is 0. The Morgan fingerprint density at radius 1 is 1.14 bits per heavy atom. The van der Waals surface area contributed by atoms with Crippen LogP contribution in [0.25, 0.3) is 11.1 Å². The maximum absolute atomic E-state index is 12.5. The number of alkyl halides is 3. The lowest BCUT2D eigenvalue weighted by molar-refractivity contribution is -0.154. The Hall–Kier alpha value is -3.13. The molecule has 5 nitrogen and oxygen atoms in total. The number of halogens is 4. The Morgan fingerprint density at radius 3 is 2.64 bits per heavy atom. The number of anilines is 1. The largest absolute Gasteiger partial charge is 0.468 e. The molecule has 0 aliphatic carbocycles. The van der Waals surface area contributed by atoms with Gasteiger partial charge in [-0.25, -0.2) is 4.98 Å². The molecule has 1 N–H and O–H groups in total. The van der Waals surface area contributed by atoms with E-state index in [2.05, 4.69) is 15.3 Å². The number of rotatable bonds is 5. The summed E-state index contributed by atoms with van der Waals surface area (Å²) in [5.41, 5.74) is 1.36. The molecule has 0 radical (unpaired) electrons. The first-order chi connectivity index (χ1) is 13.3. The second-order valence-corrected chi connectivity index (χ2v) is 6.12. The molecule has 0 saturated heterocycles. The predicted molar refractivity (Wildman–Crippen MR) is 98.4 cm³/mol. The molecule has 2 aromatic heterocycles. The van der Waals surface area contributed by atoms with E-state index in [4.69, 9.17) is 16.3 Å². The summed E-state index contributed by atoms with van der Waals surface area (Å²) in [5.74, 6) is -0.658. The number of ether oxygens (including phenoxy) is 1. The van der Waals surface area contributed by atoms with Crippen molar-refractivity contribution in [3.8, 4) is 17.0 Å². The summed E-state index contributed by atoms with van der Waals surface area (Å²) < 4.78 is 42.5. The number of amides is 1. The van der Waals surface area contributed by atoms with Gasteiger partial charge in [-0.2, -0.15) is 13.2 Å². The molecule has 1 amide bonds. The van der Waals surface area contributed by atoms with E-state index in [0.717, 1.165) is 0 Å². The number of pyridine rings is 2. The smallest absolute Gasteiger partial charge is 0.422 e. The minimum Gasteiger partial charge on any atom is -0.468 e. The van der Waals surface area contributed by atoms with Gasteiger partial charge in [0.05, 0.1) is 17.4 Å². The third kappa shape index (κ3) is 5.20. The summed E-state index contributed by atoms with van der Waals surface area (Å²) in [6, 6.07) is 11.1. The highest BCUT2D eigenvalue weighted by Crippen LogP contribution is 2.33. The lowest BCUT2D eigenvalue weighted by Crippen LogP contribution is -2.20. The lowest BCUT2D eigenvalue weighted by Gasteiger charge is -2.14. The van der Waals surface area contributed by atoms with Gasteiger partial charge in [0.25, 0.3) is 5.91 Å². The number of carbonyl (C=O) groups excluding carboxylic acids is 1. The highest BCUT2D eigenvalue weighted by molar-refractivity contribution is 6.30. The molecule has 28 heavy (non-hydrogen) atoms. The van der Waals surface area contributed by atoms with Crippen LogP contribution in [0.5, 0.6) is 5.88 Å². The maximum atomic E-state index is 12.5. The quantitative estimate of drug-likeness (QED) is 0.647. The molecule has 0 aliphatic heterocycles. The van der Waals surface area contributed by atoms with Gasteiger partial charge < -0.3 is 10.1 Å². The van der Waals surface area contributed by atoms with Crippen molar-refractivity contribution >= 4 is 23.2 Å². The lowest BCUT2D eigenvalue weighted by atomic mass is 10.1. The average molecular weight is 408 g/mol. The van der Waals surface area contributed by atoms with Gasteiger partial charge in [-0.3, -0.25) is 9.78 Å². The highest BCUT2D eigenvalue weighted by Gasteiger charge is 2.29. The van der Waals surface area contributed by atoms with Crippen molar-refractivity contribution in [2.75, 3.05) is 11.9 Å². The fourth-order valence-electron chi connectivity index (χ4n) is 2.35. The minimum atomic E-state index is -4.51. The van der Waals surface area contributed by atoms with E-state index in [9.17, 15) is 18.0 Å². The number of benzene rings is 1. The molecule has 0 fully saturated rings. The first kappa shape index (κ1) is 19.6.